The van der Waals surface area contributed by atoms with Crippen LogP contribution in [0.5, 0.6) is 0 Å². The van der Waals surface area contributed by atoms with Gasteiger partial charge >= 0.3 is 11.9 Å². The summed E-state index contributed by atoms with van der Waals surface area (Å²) in [6.07, 6.45) is 4.52. The average Bonchev–Trinajstić information content (AvgIpc) is 2.52. The Morgan fingerprint density at radius 2 is 1.83 bits per heavy atom. The first-order valence-electron chi connectivity index (χ1n) is 8.34. The van der Waals surface area contributed by atoms with Crippen molar-refractivity contribution in [3.63, 3.8) is 0 Å². The molecule has 130 valence electrons. The maximum Gasteiger partial charge on any atom is 0.338 e. The number of anilines is 1. The molecule has 0 atom stereocenters. The van der Waals surface area contributed by atoms with Gasteiger partial charge < -0.3 is 14.8 Å². The van der Waals surface area contributed by atoms with E-state index in [9.17, 15) is 14.4 Å². The van der Waals surface area contributed by atoms with Crippen molar-refractivity contribution < 1.29 is 23.9 Å². The molecule has 0 heterocycles. The second-order valence-electron chi connectivity index (χ2n) is 5.85. The minimum absolute atomic E-state index is 0.0456. The first-order chi connectivity index (χ1) is 11.6. The van der Waals surface area contributed by atoms with E-state index in [4.69, 9.17) is 9.47 Å². The Morgan fingerprint density at radius 1 is 1.12 bits per heavy atom. The zero-order valence-corrected chi connectivity index (χ0v) is 13.9. The lowest BCUT2D eigenvalue weighted by Gasteiger charge is -2.22. The van der Waals surface area contributed by atoms with E-state index in [1.54, 1.807) is 24.3 Å². The number of esters is 2. The van der Waals surface area contributed by atoms with E-state index in [1.165, 1.54) is 0 Å². The van der Waals surface area contributed by atoms with Gasteiger partial charge in [0, 0.05) is 5.69 Å². The topological polar surface area (TPSA) is 81.7 Å². The van der Waals surface area contributed by atoms with Gasteiger partial charge in [0.15, 0.2) is 6.61 Å². The largest absolute Gasteiger partial charge is 0.462 e. The van der Waals surface area contributed by atoms with Gasteiger partial charge in [-0.25, -0.2) is 4.79 Å². The van der Waals surface area contributed by atoms with E-state index >= 15 is 0 Å². The Bertz CT molecular complexity index is 578. The Morgan fingerprint density at radius 3 is 2.42 bits per heavy atom. The number of unbranched alkanes of at least 4 members (excludes halogenated alkanes) is 1. The Kier molecular flexibility index (Phi) is 6.78. The molecule has 1 saturated carbocycles. The minimum Gasteiger partial charge on any atom is -0.462 e. The molecule has 24 heavy (non-hydrogen) atoms. The molecule has 0 unspecified atom stereocenters. The van der Waals surface area contributed by atoms with E-state index < -0.39 is 5.91 Å². The molecule has 1 amide bonds. The smallest absolute Gasteiger partial charge is 0.338 e. The molecule has 1 aliphatic rings. The lowest BCUT2D eigenvalue weighted by atomic mass is 9.86. The van der Waals surface area contributed by atoms with Crippen LogP contribution in [-0.4, -0.2) is 31.1 Å². The van der Waals surface area contributed by atoms with Crippen LogP contribution in [0.25, 0.3) is 0 Å². The molecular weight excluding hydrogens is 310 g/mol. The SMILES string of the molecule is CCCCOC(=O)c1ccc(NC(=O)COC(=O)C2CCC2)cc1. The maximum absolute atomic E-state index is 11.8. The van der Waals surface area contributed by atoms with E-state index in [2.05, 4.69) is 5.32 Å². The van der Waals surface area contributed by atoms with Crippen LogP contribution in [0, 0.1) is 5.92 Å². The number of carbonyl (C=O) groups is 3. The van der Waals surface area contributed by atoms with E-state index in [1.807, 2.05) is 6.92 Å². The summed E-state index contributed by atoms with van der Waals surface area (Å²) in [4.78, 5) is 35.1. The van der Waals surface area contributed by atoms with Crippen LogP contribution in [0.1, 0.15) is 49.4 Å². The summed E-state index contributed by atoms with van der Waals surface area (Å²) in [6, 6.07) is 6.40. The molecule has 1 aromatic carbocycles. The van der Waals surface area contributed by atoms with Gasteiger partial charge in [0.05, 0.1) is 18.1 Å². The third kappa shape index (κ3) is 5.37. The molecule has 0 aliphatic heterocycles. The Balaban J connectivity index is 1.74. The van der Waals surface area contributed by atoms with Crippen LogP contribution < -0.4 is 5.32 Å². The molecule has 2 rings (SSSR count). The van der Waals surface area contributed by atoms with Crippen molar-refractivity contribution in [3.8, 4) is 0 Å². The predicted molar refractivity (Wildman–Crippen MR) is 88.6 cm³/mol. The number of rotatable bonds is 8. The number of hydrogen-bond acceptors (Lipinski definition) is 5. The molecule has 0 spiro atoms. The van der Waals surface area contributed by atoms with Crippen LogP contribution in [0.3, 0.4) is 0 Å². The summed E-state index contributed by atoms with van der Waals surface area (Å²) in [5, 5.41) is 2.62. The number of nitrogens with one attached hydrogen (secondary N) is 1. The van der Waals surface area contributed by atoms with Crippen molar-refractivity contribution in [1.29, 1.82) is 0 Å². The van der Waals surface area contributed by atoms with Gasteiger partial charge in [-0.15, -0.1) is 0 Å². The zero-order valence-electron chi connectivity index (χ0n) is 13.9. The van der Waals surface area contributed by atoms with Crippen molar-refractivity contribution in [2.75, 3.05) is 18.5 Å². The van der Waals surface area contributed by atoms with Crippen molar-refractivity contribution in [2.24, 2.45) is 5.92 Å². The molecule has 1 aliphatic carbocycles. The van der Waals surface area contributed by atoms with Crippen molar-refractivity contribution in [1.82, 2.24) is 0 Å². The number of ether oxygens (including phenoxy) is 2. The molecule has 0 aromatic heterocycles. The van der Waals surface area contributed by atoms with E-state index in [0.29, 0.717) is 17.9 Å². The molecule has 0 bridgehead atoms. The molecule has 6 nitrogen and oxygen atoms in total. The van der Waals surface area contributed by atoms with Crippen LogP contribution in [0.2, 0.25) is 0 Å². The summed E-state index contributed by atoms with van der Waals surface area (Å²) in [7, 11) is 0. The van der Waals surface area contributed by atoms with Crippen molar-refractivity contribution in [3.05, 3.63) is 29.8 Å². The van der Waals surface area contributed by atoms with Gasteiger partial charge in [-0.1, -0.05) is 19.8 Å². The fraction of sp³-hybridized carbons (Fsp3) is 0.500. The standard InChI is InChI=1S/C18H23NO5/c1-2-3-11-23-17(21)14-7-9-15(10-8-14)19-16(20)12-24-18(22)13-5-4-6-13/h7-10,13H,2-6,11-12H2,1H3,(H,19,20). The van der Waals surface area contributed by atoms with Gasteiger partial charge in [0.2, 0.25) is 0 Å². The minimum atomic E-state index is -0.402. The molecule has 0 radical (unpaired) electrons. The first-order valence-corrected chi connectivity index (χ1v) is 8.34. The van der Waals surface area contributed by atoms with Crippen LogP contribution in [0.4, 0.5) is 5.69 Å². The van der Waals surface area contributed by atoms with Crippen LogP contribution in [0.15, 0.2) is 24.3 Å². The fourth-order valence-electron chi connectivity index (χ4n) is 2.18. The van der Waals surface area contributed by atoms with E-state index in [0.717, 1.165) is 32.1 Å². The summed E-state index contributed by atoms with van der Waals surface area (Å²) in [5.74, 6) is -1.13. The van der Waals surface area contributed by atoms with Crippen molar-refractivity contribution >= 4 is 23.5 Å². The van der Waals surface area contributed by atoms with Crippen LogP contribution in [-0.2, 0) is 19.1 Å². The van der Waals surface area contributed by atoms with Crippen molar-refractivity contribution in [2.45, 2.75) is 39.0 Å². The summed E-state index contributed by atoms with van der Waals surface area (Å²) >= 11 is 0. The lowest BCUT2D eigenvalue weighted by molar-refractivity contribution is -0.154. The number of carbonyl (C=O) groups excluding carboxylic acids is 3. The number of benzene rings is 1. The summed E-state index contributed by atoms with van der Waals surface area (Å²) in [5.41, 5.74) is 0.963. The number of hydrogen-bond donors (Lipinski definition) is 1. The Hall–Kier alpha value is -2.37. The van der Waals surface area contributed by atoms with Gasteiger partial charge in [-0.05, 0) is 43.5 Å². The Labute approximate surface area is 141 Å². The van der Waals surface area contributed by atoms with Gasteiger partial charge in [-0.3, -0.25) is 9.59 Å². The molecule has 1 aromatic rings. The third-order valence-corrected chi connectivity index (χ3v) is 3.92. The highest BCUT2D eigenvalue weighted by Gasteiger charge is 2.27. The second kappa shape index (κ2) is 9.05. The average molecular weight is 333 g/mol. The van der Waals surface area contributed by atoms with Gasteiger partial charge in [0.25, 0.3) is 5.91 Å². The van der Waals surface area contributed by atoms with Gasteiger partial charge in [0.1, 0.15) is 0 Å². The van der Waals surface area contributed by atoms with Crippen LogP contribution >= 0.6 is 0 Å². The second-order valence-corrected chi connectivity index (χ2v) is 5.85. The third-order valence-electron chi connectivity index (χ3n) is 3.92. The normalized spacial score (nSPS) is 13.7. The summed E-state index contributed by atoms with van der Waals surface area (Å²) < 4.78 is 10.1. The summed E-state index contributed by atoms with van der Waals surface area (Å²) in [6.45, 7) is 2.13. The zero-order chi connectivity index (χ0) is 17.4. The quantitative estimate of drug-likeness (QED) is 0.584. The molecular formula is C18H23NO5. The monoisotopic (exact) mass is 333 g/mol. The molecule has 1 N–H and O–H groups in total. The predicted octanol–water partition coefficient (Wildman–Crippen LogP) is 2.93. The molecule has 1 fully saturated rings. The molecule has 0 saturated heterocycles. The maximum atomic E-state index is 11.8. The van der Waals surface area contributed by atoms with E-state index in [-0.39, 0.29) is 24.5 Å². The number of amides is 1. The van der Waals surface area contributed by atoms with Gasteiger partial charge in [-0.2, -0.15) is 0 Å². The fourth-order valence-corrected chi connectivity index (χ4v) is 2.18. The molecule has 6 heteroatoms. The lowest BCUT2D eigenvalue weighted by Crippen LogP contribution is -2.28. The highest BCUT2D eigenvalue weighted by Crippen LogP contribution is 2.27. The first kappa shape index (κ1) is 18.0. The highest BCUT2D eigenvalue weighted by atomic mass is 16.5. The highest BCUT2D eigenvalue weighted by molar-refractivity contribution is 5.94.